The zero-order valence-corrected chi connectivity index (χ0v) is 60.5. The number of hydrogen-bond donors (Lipinski definition) is 5. The Kier molecular flexibility index (Phi) is 24.3. The summed E-state index contributed by atoms with van der Waals surface area (Å²) >= 11 is 13.0. The number of likely N-dealkylation sites (tertiary alicyclic amines) is 2. The second-order valence-electron chi connectivity index (χ2n) is 31.8. The highest BCUT2D eigenvalue weighted by Crippen LogP contribution is 2.47. The first-order valence-electron chi connectivity index (χ1n) is 35.5. The van der Waals surface area contributed by atoms with Gasteiger partial charge in [0.2, 0.25) is 35.3 Å². The smallest absolute Gasteiger partial charge is 0.285 e. The maximum Gasteiger partial charge on any atom is 0.285 e. The third-order valence-corrected chi connectivity index (χ3v) is 22.3. The van der Waals surface area contributed by atoms with Crippen molar-refractivity contribution in [3.63, 3.8) is 0 Å². The minimum Gasteiger partial charge on any atom is -0.496 e. The number of nitrogens with one attached hydrogen (secondary N) is 2. The topological polar surface area (TPSA) is 318 Å². The molecule has 7 N–H and O–H groups in total. The molecule has 4 heterocycles. The number of primary amides is 2. The second-order valence-corrected chi connectivity index (χ2v) is 32.6. The lowest BCUT2D eigenvalue weighted by Crippen LogP contribution is -2.57. The van der Waals surface area contributed by atoms with Gasteiger partial charge in [-0.25, -0.2) is 0 Å². The fourth-order valence-corrected chi connectivity index (χ4v) is 15.8. The Morgan fingerprint density at radius 2 is 1.00 bits per heavy atom. The molecule has 98 heavy (non-hydrogen) atoms. The van der Waals surface area contributed by atoms with Crippen molar-refractivity contribution in [1.82, 2.24) is 20.4 Å². The summed E-state index contributed by atoms with van der Waals surface area (Å²) in [6.07, 6.45) is 15.2. The van der Waals surface area contributed by atoms with Crippen LogP contribution in [-0.2, 0) is 52.8 Å². The lowest BCUT2D eigenvalue weighted by atomic mass is 9.83. The first-order valence-corrected chi connectivity index (χ1v) is 36.2. The summed E-state index contributed by atoms with van der Waals surface area (Å²) < 4.78 is 11.3. The van der Waals surface area contributed by atoms with Crippen LogP contribution >= 0.6 is 23.2 Å². The molecule has 4 aliphatic carbocycles. The SMILES string of the molecule is COc1cc(C)c(Cl)cc1C1=NO[C@]2(C1)C[C@@H](C(=O)C[C@@H](CC1CC1)C(=O)C(N)=O)N(C(=O)[C@@H](NC(=O)CC1CCCCC1)C(C)(C)C)C2.COc1cc(C)c(Cl)cc1C1=NO[C@]2(C1)C[C@@H](C(=O)C[C@@H](CC1CC1)C(O)C(N)=O)N(C(=O)[C@@H](NC(=O)CC1CCCCC1)C(C)(C)C)C2. The van der Waals surface area contributed by atoms with E-state index in [1.165, 1.54) is 22.6 Å². The molecule has 2 aromatic rings. The molecule has 2 aromatic carbocycles. The molecule has 2 saturated heterocycles. The minimum absolute atomic E-state index is 0.0410. The molecule has 1 unspecified atom stereocenters. The van der Waals surface area contributed by atoms with E-state index in [1.807, 2.05) is 67.5 Å². The fraction of sp³-hybridized carbons (Fsp3) is 0.689. The van der Waals surface area contributed by atoms with Crippen molar-refractivity contribution in [1.29, 1.82) is 0 Å². The Labute approximate surface area is 586 Å². The van der Waals surface area contributed by atoms with E-state index in [2.05, 4.69) is 20.9 Å². The summed E-state index contributed by atoms with van der Waals surface area (Å²) in [6, 6.07) is 3.50. The van der Waals surface area contributed by atoms with Crippen LogP contribution in [0.15, 0.2) is 34.6 Å². The first kappa shape index (κ1) is 75.5. The number of amides is 6. The second kappa shape index (κ2) is 31.5. The van der Waals surface area contributed by atoms with Gasteiger partial charge in [0.25, 0.3) is 5.91 Å². The monoisotopic (exact) mass is 1400 g/mol. The molecule has 22 nitrogen and oxygen atoms in total. The number of carbonyl (C=O) groups is 9. The Morgan fingerprint density at radius 1 is 0.602 bits per heavy atom. The lowest BCUT2D eigenvalue weighted by Gasteiger charge is -2.36. The Hall–Kier alpha value is -6.65. The summed E-state index contributed by atoms with van der Waals surface area (Å²) in [4.78, 5) is 137. The van der Waals surface area contributed by atoms with Gasteiger partial charge in [-0.05, 0) is 122 Å². The molecular formula is C74H104Cl2N8O14. The van der Waals surface area contributed by atoms with Crippen LogP contribution in [0.1, 0.15) is 218 Å². The van der Waals surface area contributed by atoms with Crippen molar-refractivity contribution in [2.45, 2.75) is 251 Å². The third kappa shape index (κ3) is 18.7. The van der Waals surface area contributed by atoms with Gasteiger partial charge in [0, 0.05) is 84.4 Å². The van der Waals surface area contributed by atoms with Crippen LogP contribution in [-0.4, -0.2) is 148 Å². The van der Waals surface area contributed by atoms with Gasteiger partial charge >= 0.3 is 0 Å². The molecule has 6 amide bonds. The molecule has 8 aliphatic rings. The quantitative estimate of drug-likeness (QED) is 0.0548. The molecule has 6 fully saturated rings. The number of nitrogens with zero attached hydrogens (tertiary/aromatic N) is 4. The normalized spacial score (nSPS) is 24.2. The predicted octanol–water partition coefficient (Wildman–Crippen LogP) is 9.90. The van der Waals surface area contributed by atoms with Crippen molar-refractivity contribution < 1.29 is 67.4 Å². The van der Waals surface area contributed by atoms with Crippen molar-refractivity contribution in [2.24, 2.45) is 68.1 Å². The highest BCUT2D eigenvalue weighted by Gasteiger charge is 2.58. The molecule has 4 aliphatic heterocycles. The molecule has 538 valence electrons. The van der Waals surface area contributed by atoms with E-state index < -0.39 is 87.6 Å². The number of nitrogens with two attached hydrogens (primary N) is 2. The van der Waals surface area contributed by atoms with Crippen LogP contribution in [0.5, 0.6) is 11.5 Å². The number of rotatable bonds is 26. The van der Waals surface area contributed by atoms with Crippen LogP contribution in [0, 0.1) is 60.2 Å². The number of ketones is 3. The average Bonchev–Trinajstić information content (AvgIpc) is 1.60. The molecular weight excluding hydrogens is 1300 g/mol. The fourth-order valence-electron chi connectivity index (χ4n) is 15.5. The van der Waals surface area contributed by atoms with Crippen LogP contribution in [0.4, 0.5) is 0 Å². The number of hydrogen-bond acceptors (Lipinski definition) is 16. The Morgan fingerprint density at radius 3 is 1.37 bits per heavy atom. The van der Waals surface area contributed by atoms with Gasteiger partial charge in [0.15, 0.2) is 22.8 Å². The van der Waals surface area contributed by atoms with Gasteiger partial charge in [-0.1, -0.05) is 139 Å². The molecule has 10 rings (SSSR count). The Balaban J connectivity index is 0.000000229. The van der Waals surface area contributed by atoms with E-state index in [0.717, 1.165) is 88.2 Å². The third-order valence-electron chi connectivity index (χ3n) is 21.5. The standard InChI is InChI=1S/C37H53ClN4O7.C37H51ClN4O7/c2*1-21-13-30(48-5)25(17-26(21)38)27-18-37(49-41-27)19-28(29(43)16-24(14-23-11-12-23)32(45)34(39)46)42(20-37)35(47)33(36(2,3)4)40-31(44)15-22-9-7-6-8-10-22/h13,17,22-24,28,32-33,45H,6-12,14-16,18-20H2,1-5H3,(H2,39,46)(H,40,44);13,17,22-24,28,33H,6-12,14-16,18-20H2,1-5H3,(H2,39,46)(H,40,44)/t24-,28+,32?,33-,37-;24-,28+,33-,37-/m11/s1. The maximum atomic E-state index is 14.6. The highest BCUT2D eigenvalue weighted by molar-refractivity contribution is 6.36. The number of benzene rings is 2. The van der Waals surface area contributed by atoms with Gasteiger partial charge in [-0.15, -0.1) is 0 Å². The molecule has 2 spiro atoms. The largest absolute Gasteiger partial charge is 0.496 e. The van der Waals surface area contributed by atoms with Crippen LogP contribution in [0.3, 0.4) is 0 Å². The number of oxime groups is 2. The summed E-state index contributed by atoms with van der Waals surface area (Å²) in [5.74, 6) is -3.63. The molecule has 9 atom stereocenters. The number of halogens is 2. The highest BCUT2D eigenvalue weighted by atomic mass is 35.5. The number of Topliss-reactive ketones (excluding diaryl/α,β-unsaturated/α-hetero) is 3. The van der Waals surface area contributed by atoms with Gasteiger partial charge in [-0.3, -0.25) is 43.2 Å². The average molecular weight is 1400 g/mol. The van der Waals surface area contributed by atoms with Gasteiger partial charge in [0.1, 0.15) is 29.7 Å². The summed E-state index contributed by atoms with van der Waals surface area (Å²) in [5.41, 5.74) is 11.6. The summed E-state index contributed by atoms with van der Waals surface area (Å²) in [5, 5.41) is 26.7. The Bertz CT molecular complexity index is 3420. The molecule has 0 aromatic heterocycles. The van der Waals surface area contributed by atoms with E-state index in [0.29, 0.717) is 88.0 Å². The van der Waals surface area contributed by atoms with Crippen LogP contribution in [0.2, 0.25) is 10.0 Å². The van der Waals surface area contributed by atoms with E-state index in [9.17, 15) is 48.3 Å². The van der Waals surface area contributed by atoms with E-state index >= 15 is 0 Å². The van der Waals surface area contributed by atoms with E-state index in [4.69, 9.17) is 53.8 Å². The summed E-state index contributed by atoms with van der Waals surface area (Å²) in [6.45, 7) is 15.2. The van der Waals surface area contributed by atoms with Crippen LogP contribution in [0.25, 0.3) is 0 Å². The molecule has 4 saturated carbocycles. The van der Waals surface area contributed by atoms with Crippen molar-refractivity contribution in [3.8, 4) is 11.5 Å². The van der Waals surface area contributed by atoms with E-state index in [1.54, 1.807) is 26.4 Å². The number of carbonyl (C=O) groups excluding carboxylic acids is 9. The predicted molar refractivity (Wildman–Crippen MR) is 371 cm³/mol. The number of aryl methyl sites for hydroxylation is 2. The zero-order valence-electron chi connectivity index (χ0n) is 59.0. The molecule has 0 radical (unpaired) electrons. The van der Waals surface area contributed by atoms with Gasteiger partial charge in [0.05, 0.1) is 50.8 Å². The van der Waals surface area contributed by atoms with Crippen LogP contribution < -0.4 is 31.6 Å². The summed E-state index contributed by atoms with van der Waals surface area (Å²) in [7, 11) is 3.13. The van der Waals surface area contributed by atoms with E-state index in [-0.39, 0.29) is 86.3 Å². The maximum absolute atomic E-state index is 14.6. The van der Waals surface area contributed by atoms with Crippen molar-refractivity contribution >= 4 is 87.4 Å². The number of aliphatic hydroxyl groups excluding tert-OH is 1. The number of ether oxygens (including phenoxy) is 2. The first-order chi connectivity index (χ1) is 46.2. The molecule has 24 heteroatoms. The van der Waals surface area contributed by atoms with Gasteiger partial charge in [-0.2, -0.15) is 0 Å². The number of aliphatic hydroxyl groups is 1. The van der Waals surface area contributed by atoms with Crippen molar-refractivity contribution in [3.05, 3.63) is 56.6 Å². The lowest BCUT2D eigenvalue weighted by molar-refractivity contribution is -0.145. The number of methoxy groups -OCH3 is 2. The molecule has 0 bridgehead atoms. The minimum atomic E-state index is -1.47. The zero-order chi connectivity index (χ0) is 71.3. The van der Waals surface area contributed by atoms with Gasteiger partial charge < -0.3 is 56.2 Å². The van der Waals surface area contributed by atoms with Crippen molar-refractivity contribution in [2.75, 3.05) is 27.3 Å².